The van der Waals surface area contributed by atoms with Gasteiger partial charge in [0.25, 0.3) is 7.41 Å². The number of hydrazone groups is 1. The van der Waals surface area contributed by atoms with Crippen molar-refractivity contribution in [1.82, 2.24) is 5.34 Å². The van der Waals surface area contributed by atoms with Gasteiger partial charge in [0.2, 0.25) is 0 Å². The van der Waals surface area contributed by atoms with Crippen LogP contribution in [-0.4, -0.2) is 14.1 Å². The molecular weight excluding hydrogens is 62.8 g/mol. The van der Waals surface area contributed by atoms with Crippen molar-refractivity contribution in [2.75, 3.05) is 0 Å². The zero-order valence-electron chi connectivity index (χ0n) is 3.36. The Labute approximate surface area is 32.5 Å². The van der Waals surface area contributed by atoms with Gasteiger partial charge in [-0.1, -0.05) is 6.82 Å². The monoisotopic (exact) mass is 70.1 g/mol. The molecular formula is C2H7BN2. The van der Waals surface area contributed by atoms with E-state index in [4.69, 9.17) is 0 Å². The molecule has 0 aromatic carbocycles. The van der Waals surface area contributed by atoms with Crippen LogP contribution in [0.15, 0.2) is 5.10 Å². The highest BCUT2D eigenvalue weighted by atomic mass is 15.2. The van der Waals surface area contributed by atoms with Crippen LogP contribution in [0.4, 0.5) is 0 Å². The van der Waals surface area contributed by atoms with Gasteiger partial charge in [0.1, 0.15) is 0 Å². The molecule has 0 fully saturated rings. The molecule has 0 saturated heterocycles. The molecule has 0 amide bonds. The first kappa shape index (κ1) is 4.53. The van der Waals surface area contributed by atoms with Crippen molar-refractivity contribution in [1.29, 1.82) is 0 Å². The molecule has 1 N–H and O–H groups in total. The lowest BCUT2D eigenvalue weighted by molar-refractivity contribution is 1.10. The van der Waals surface area contributed by atoms with E-state index in [1.165, 1.54) is 0 Å². The lowest BCUT2D eigenvalue weighted by Crippen LogP contribution is -2.04. The van der Waals surface area contributed by atoms with E-state index in [1.807, 2.05) is 6.82 Å². The van der Waals surface area contributed by atoms with Gasteiger partial charge < -0.3 is 5.34 Å². The molecule has 0 aromatic rings. The molecule has 28 valence electrons. The topological polar surface area (TPSA) is 24.4 Å². The van der Waals surface area contributed by atoms with Gasteiger partial charge in [-0.3, -0.25) is 0 Å². The molecule has 0 aromatic heterocycles. The molecule has 0 heterocycles. The van der Waals surface area contributed by atoms with E-state index >= 15 is 0 Å². The summed E-state index contributed by atoms with van der Waals surface area (Å²) >= 11 is 0. The van der Waals surface area contributed by atoms with E-state index < -0.39 is 0 Å². The zero-order valence-corrected chi connectivity index (χ0v) is 3.36. The highest BCUT2D eigenvalue weighted by Gasteiger charge is 1.61. The minimum atomic E-state index is 0.865. The van der Waals surface area contributed by atoms with Crippen molar-refractivity contribution in [3.63, 3.8) is 0 Å². The Kier molecular flexibility index (Phi) is 3.21. The van der Waals surface area contributed by atoms with Gasteiger partial charge in [0, 0.05) is 6.72 Å². The smallest absolute Gasteiger partial charge is 0.252 e. The standard InChI is InChI=1S/C2H7BN2/c1-3-5-4-2/h3,5H,2H2,1H3. The Hall–Kier alpha value is -0.465. The molecule has 0 atom stereocenters. The quantitative estimate of drug-likeness (QED) is 0.266. The summed E-state index contributed by atoms with van der Waals surface area (Å²) in [6, 6.07) is 0. The molecule has 0 unspecified atom stereocenters. The van der Waals surface area contributed by atoms with Crippen LogP contribution in [0.1, 0.15) is 0 Å². The van der Waals surface area contributed by atoms with Crippen molar-refractivity contribution in [3.05, 3.63) is 0 Å². The van der Waals surface area contributed by atoms with Crippen LogP contribution < -0.4 is 5.34 Å². The molecule has 0 aliphatic carbocycles. The Bertz CT molecular complexity index is 28.8. The van der Waals surface area contributed by atoms with Gasteiger partial charge in [-0.25, -0.2) is 5.10 Å². The number of rotatable bonds is 2. The third-order valence-electron chi connectivity index (χ3n) is 0.270. The SMILES string of the molecule is C=NNBC. The van der Waals surface area contributed by atoms with Crippen molar-refractivity contribution < 1.29 is 0 Å². The van der Waals surface area contributed by atoms with E-state index in [0.29, 0.717) is 0 Å². The first-order valence-corrected chi connectivity index (χ1v) is 1.60. The van der Waals surface area contributed by atoms with Crippen LogP contribution >= 0.6 is 0 Å². The van der Waals surface area contributed by atoms with Gasteiger partial charge in [-0.2, -0.15) is 0 Å². The van der Waals surface area contributed by atoms with Gasteiger partial charge in [0.15, 0.2) is 0 Å². The largest absolute Gasteiger partial charge is 0.358 e. The van der Waals surface area contributed by atoms with Gasteiger partial charge in [-0.05, 0) is 0 Å². The molecule has 0 saturated carbocycles. The summed E-state index contributed by atoms with van der Waals surface area (Å²) in [5.74, 6) is 0. The van der Waals surface area contributed by atoms with Crippen LogP contribution in [0, 0.1) is 0 Å². The average Bonchev–Trinajstić information content (AvgIpc) is 1.41. The molecule has 0 spiro atoms. The van der Waals surface area contributed by atoms with Gasteiger partial charge in [0.05, 0.1) is 0 Å². The molecule has 0 bridgehead atoms. The second kappa shape index (κ2) is 3.53. The molecule has 2 nitrogen and oxygen atoms in total. The van der Waals surface area contributed by atoms with E-state index in [1.54, 1.807) is 0 Å². The number of hydrogen-bond acceptors (Lipinski definition) is 2. The maximum Gasteiger partial charge on any atom is 0.252 e. The molecule has 0 aliphatic heterocycles. The van der Waals surface area contributed by atoms with E-state index in [2.05, 4.69) is 17.2 Å². The van der Waals surface area contributed by atoms with Crippen molar-refractivity contribution in [2.45, 2.75) is 6.82 Å². The summed E-state index contributed by atoms with van der Waals surface area (Å²) in [4.78, 5) is 0. The molecule has 0 rings (SSSR count). The number of hydrogen-bond donors (Lipinski definition) is 1. The van der Waals surface area contributed by atoms with Crippen molar-refractivity contribution >= 4 is 14.1 Å². The third kappa shape index (κ3) is 3.53. The second-order valence-electron chi connectivity index (χ2n) is 0.670. The van der Waals surface area contributed by atoms with Crippen LogP contribution in [0.2, 0.25) is 6.82 Å². The zero-order chi connectivity index (χ0) is 4.12. The highest BCUT2D eigenvalue weighted by molar-refractivity contribution is 6.29. The Morgan fingerprint density at radius 3 is 2.60 bits per heavy atom. The first-order chi connectivity index (χ1) is 2.41. The second-order valence-corrected chi connectivity index (χ2v) is 0.670. The summed E-state index contributed by atoms with van der Waals surface area (Å²) in [5, 5.41) is 5.98. The maximum absolute atomic E-state index is 3.35. The van der Waals surface area contributed by atoms with Crippen molar-refractivity contribution in [3.8, 4) is 0 Å². The summed E-state index contributed by atoms with van der Waals surface area (Å²) < 4.78 is 0. The van der Waals surface area contributed by atoms with Crippen LogP contribution in [0.3, 0.4) is 0 Å². The van der Waals surface area contributed by atoms with Crippen LogP contribution in [0.5, 0.6) is 0 Å². The molecule has 5 heavy (non-hydrogen) atoms. The van der Waals surface area contributed by atoms with Gasteiger partial charge >= 0.3 is 0 Å². The normalized spacial score (nSPS) is 5.80. The van der Waals surface area contributed by atoms with Crippen LogP contribution in [-0.2, 0) is 0 Å². The summed E-state index contributed by atoms with van der Waals surface area (Å²) in [6.07, 6.45) is 0. The number of nitrogens with zero attached hydrogens (tertiary/aromatic N) is 1. The van der Waals surface area contributed by atoms with E-state index in [9.17, 15) is 0 Å². The van der Waals surface area contributed by atoms with Crippen molar-refractivity contribution in [2.24, 2.45) is 5.10 Å². The van der Waals surface area contributed by atoms with E-state index in [-0.39, 0.29) is 0 Å². The predicted octanol–water partition coefficient (Wildman–Crippen LogP) is -0.409. The third-order valence-corrected chi connectivity index (χ3v) is 0.270. The minimum Gasteiger partial charge on any atom is -0.358 e. The fourth-order valence-corrected chi connectivity index (χ4v) is 0.112. The Balaban J connectivity index is 2.40. The fourth-order valence-electron chi connectivity index (χ4n) is 0.112. The average molecular weight is 69.9 g/mol. The Morgan fingerprint density at radius 1 is 2.00 bits per heavy atom. The summed E-state index contributed by atoms with van der Waals surface area (Å²) in [5.41, 5.74) is 0. The Morgan fingerprint density at radius 2 is 2.60 bits per heavy atom. The first-order valence-electron chi connectivity index (χ1n) is 1.60. The predicted molar refractivity (Wildman–Crippen MR) is 25.7 cm³/mol. The van der Waals surface area contributed by atoms with E-state index in [0.717, 1.165) is 7.41 Å². The molecule has 3 heteroatoms. The number of nitrogens with one attached hydrogen (secondary N) is 1. The fraction of sp³-hybridized carbons (Fsp3) is 0.500. The molecule has 0 radical (unpaired) electrons. The maximum atomic E-state index is 3.35. The molecule has 0 aliphatic rings. The highest BCUT2D eigenvalue weighted by Crippen LogP contribution is 1.41. The minimum absolute atomic E-state index is 0.865. The summed E-state index contributed by atoms with van der Waals surface area (Å²) in [7, 11) is 0.865. The lowest BCUT2D eigenvalue weighted by atomic mass is 10.0. The lowest BCUT2D eigenvalue weighted by Gasteiger charge is -1.80. The summed E-state index contributed by atoms with van der Waals surface area (Å²) in [6.45, 7) is 5.16. The van der Waals surface area contributed by atoms with Crippen LogP contribution in [0.25, 0.3) is 0 Å². The van der Waals surface area contributed by atoms with Gasteiger partial charge in [-0.15, -0.1) is 0 Å².